The zero-order valence-corrected chi connectivity index (χ0v) is 10.1. The molecule has 0 bridgehead atoms. The SMILES string of the molecule is O=C(O)Cc1c[nH]c2c(Cl)cc(Cl)c(Cl)c12. The van der Waals surface area contributed by atoms with E-state index >= 15 is 0 Å². The lowest BCUT2D eigenvalue weighted by Gasteiger charge is -2.02. The van der Waals surface area contributed by atoms with Gasteiger partial charge in [0.1, 0.15) is 0 Å². The lowest BCUT2D eigenvalue weighted by molar-refractivity contribution is -0.136. The third kappa shape index (κ3) is 1.86. The molecule has 84 valence electrons. The molecular weight excluding hydrogens is 272 g/mol. The van der Waals surface area contributed by atoms with Crippen molar-refractivity contribution in [1.29, 1.82) is 0 Å². The van der Waals surface area contributed by atoms with Gasteiger partial charge in [0.25, 0.3) is 0 Å². The fourth-order valence-corrected chi connectivity index (χ4v) is 2.36. The van der Waals surface area contributed by atoms with E-state index in [1.165, 1.54) is 6.07 Å². The number of carboxylic acid groups (broad SMARTS) is 1. The summed E-state index contributed by atoms with van der Waals surface area (Å²) in [5.41, 5.74) is 1.17. The number of fused-ring (bicyclic) bond motifs is 1. The Kier molecular flexibility index (Phi) is 3.02. The first-order valence-electron chi connectivity index (χ1n) is 4.36. The molecule has 0 spiro atoms. The van der Waals surface area contributed by atoms with Gasteiger partial charge in [-0.2, -0.15) is 0 Å². The normalized spacial score (nSPS) is 10.9. The van der Waals surface area contributed by atoms with E-state index in [1.807, 2.05) is 0 Å². The summed E-state index contributed by atoms with van der Waals surface area (Å²) >= 11 is 17.9. The molecule has 2 rings (SSSR count). The number of hydrogen-bond acceptors (Lipinski definition) is 1. The molecule has 1 aromatic carbocycles. The minimum atomic E-state index is -0.937. The number of aliphatic carboxylic acids is 1. The number of rotatable bonds is 2. The number of halogens is 3. The topological polar surface area (TPSA) is 53.1 Å². The quantitative estimate of drug-likeness (QED) is 0.822. The van der Waals surface area contributed by atoms with Crippen molar-refractivity contribution in [1.82, 2.24) is 4.98 Å². The second-order valence-electron chi connectivity index (χ2n) is 3.29. The minimum absolute atomic E-state index is 0.129. The number of hydrogen-bond donors (Lipinski definition) is 2. The second-order valence-corrected chi connectivity index (χ2v) is 4.48. The molecule has 0 atom stereocenters. The summed E-state index contributed by atoms with van der Waals surface area (Å²) in [4.78, 5) is 13.6. The highest BCUT2D eigenvalue weighted by atomic mass is 35.5. The smallest absolute Gasteiger partial charge is 0.307 e. The van der Waals surface area contributed by atoms with Crippen molar-refractivity contribution >= 4 is 51.7 Å². The Labute approximate surface area is 106 Å². The van der Waals surface area contributed by atoms with Crippen LogP contribution in [-0.2, 0) is 11.2 Å². The molecule has 0 aliphatic rings. The number of benzene rings is 1. The van der Waals surface area contributed by atoms with Crippen LogP contribution in [0.3, 0.4) is 0 Å². The molecule has 0 aliphatic heterocycles. The Bertz CT molecular complexity index is 577. The van der Waals surface area contributed by atoms with Crippen LogP contribution in [0.1, 0.15) is 5.56 Å². The van der Waals surface area contributed by atoms with Gasteiger partial charge in [0.2, 0.25) is 0 Å². The largest absolute Gasteiger partial charge is 0.481 e. The van der Waals surface area contributed by atoms with E-state index in [2.05, 4.69) is 4.98 Å². The molecule has 0 saturated carbocycles. The van der Waals surface area contributed by atoms with Gasteiger partial charge in [0, 0.05) is 11.6 Å². The number of H-pyrrole nitrogens is 1. The van der Waals surface area contributed by atoms with Gasteiger partial charge in [-0.25, -0.2) is 0 Å². The minimum Gasteiger partial charge on any atom is -0.481 e. The molecule has 1 heterocycles. The zero-order valence-electron chi connectivity index (χ0n) is 7.85. The maximum atomic E-state index is 10.7. The number of aromatic amines is 1. The molecule has 0 aliphatic carbocycles. The summed E-state index contributed by atoms with van der Waals surface area (Å²) in [6.45, 7) is 0. The first kappa shape index (κ1) is 11.6. The molecule has 6 heteroatoms. The van der Waals surface area contributed by atoms with E-state index in [0.717, 1.165) is 0 Å². The van der Waals surface area contributed by atoms with E-state index < -0.39 is 5.97 Å². The number of aromatic nitrogens is 1. The first-order valence-corrected chi connectivity index (χ1v) is 5.49. The Balaban J connectivity index is 2.74. The highest BCUT2D eigenvalue weighted by molar-refractivity contribution is 6.47. The average molecular weight is 279 g/mol. The predicted molar refractivity (Wildman–Crippen MR) is 64.7 cm³/mol. The van der Waals surface area contributed by atoms with E-state index in [4.69, 9.17) is 39.9 Å². The fourth-order valence-electron chi connectivity index (χ4n) is 1.57. The molecule has 16 heavy (non-hydrogen) atoms. The van der Waals surface area contributed by atoms with Crippen molar-refractivity contribution in [3.05, 3.63) is 32.9 Å². The summed E-state index contributed by atoms with van der Waals surface area (Å²) in [5, 5.41) is 10.4. The standard InChI is InChI=1S/C10H6Cl3NO2/c11-5-2-6(12)10-8(9(5)13)4(3-14-10)1-7(15)16/h2-3,14H,1H2,(H,15,16). The molecule has 0 radical (unpaired) electrons. The van der Waals surface area contributed by atoms with Crippen molar-refractivity contribution in [2.24, 2.45) is 0 Å². The first-order chi connectivity index (χ1) is 7.50. The summed E-state index contributed by atoms with van der Waals surface area (Å²) < 4.78 is 0. The van der Waals surface area contributed by atoms with Crippen molar-refractivity contribution < 1.29 is 9.90 Å². The molecule has 3 nitrogen and oxygen atoms in total. The Hall–Kier alpha value is -0.900. The van der Waals surface area contributed by atoms with Gasteiger partial charge in [-0.1, -0.05) is 34.8 Å². The van der Waals surface area contributed by atoms with Crippen molar-refractivity contribution in [2.75, 3.05) is 0 Å². The van der Waals surface area contributed by atoms with Gasteiger partial charge in [0.05, 0.1) is 27.0 Å². The highest BCUT2D eigenvalue weighted by Gasteiger charge is 2.15. The second kappa shape index (κ2) is 4.17. The molecule has 0 amide bonds. The van der Waals surface area contributed by atoms with Crippen LogP contribution in [-0.4, -0.2) is 16.1 Å². The van der Waals surface area contributed by atoms with Crippen LogP contribution < -0.4 is 0 Å². The van der Waals surface area contributed by atoms with Crippen molar-refractivity contribution in [3.8, 4) is 0 Å². The number of nitrogens with one attached hydrogen (secondary N) is 1. The molecule has 0 unspecified atom stereocenters. The van der Waals surface area contributed by atoms with E-state index in [9.17, 15) is 4.79 Å². The maximum Gasteiger partial charge on any atom is 0.307 e. The van der Waals surface area contributed by atoms with E-state index in [-0.39, 0.29) is 6.42 Å². The van der Waals surface area contributed by atoms with Gasteiger partial charge in [-0.3, -0.25) is 4.79 Å². The maximum absolute atomic E-state index is 10.7. The van der Waals surface area contributed by atoms with Gasteiger partial charge in [0.15, 0.2) is 0 Å². The summed E-state index contributed by atoms with van der Waals surface area (Å²) in [6, 6.07) is 1.52. The van der Waals surface area contributed by atoms with Crippen molar-refractivity contribution in [2.45, 2.75) is 6.42 Å². The van der Waals surface area contributed by atoms with Crippen LogP contribution in [0.4, 0.5) is 0 Å². The Morgan fingerprint density at radius 3 is 2.62 bits per heavy atom. The van der Waals surface area contributed by atoms with E-state index in [1.54, 1.807) is 6.20 Å². The summed E-state index contributed by atoms with van der Waals surface area (Å²) in [5.74, 6) is -0.937. The summed E-state index contributed by atoms with van der Waals surface area (Å²) in [6.07, 6.45) is 1.45. The van der Waals surface area contributed by atoms with E-state index in [0.29, 0.717) is 31.5 Å². The molecule has 1 aromatic heterocycles. The van der Waals surface area contributed by atoms with Gasteiger partial charge in [-0.15, -0.1) is 0 Å². The van der Waals surface area contributed by atoms with Crippen LogP contribution >= 0.6 is 34.8 Å². The third-order valence-electron chi connectivity index (χ3n) is 2.22. The molecule has 0 saturated heterocycles. The predicted octanol–water partition coefficient (Wildman–Crippen LogP) is 3.76. The third-order valence-corrected chi connectivity index (χ3v) is 3.31. The monoisotopic (exact) mass is 277 g/mol. The van der Waals surface area contributed by atoms with Crippen LogP contribution in [0.5, 0.6) is 0 Å². The fraction of sp³-hybridized carbons (Fsp3) is 0.100. The van der Waals surface area contributed by atoms with Gasteiger partial charge < -0.3 is 10.1 Å². The molecule has 2 aromatic rings. The Morgan fingerprint density at radius 1 is 1.31 bits per heavy atom. The van der Waals surface area contributed by atoms with Crippen LogP contribution in [0.25, 0.3) is 10.9 Å². The summed E-state index contributed by atoms with van der Waals surface area (Å²) in [7, 11) is 0. The molecule has 0 fully saturated rings. The number of carbonyl (C=O) groups is 1. The highest BCUT2D eigenvalue weighted by Crippen LogP contribution is 2.37. The van der Waals surface area contributed by atoms with Gasteiger partial charge in [-0.05, 0) is 11.6 Å². The lowest BCUT2D eigenvalue weighted by atomic mass is 10.1. The molecule has 2 N–H and O–H groups in total. The number of carboxylic acids is 1. The van der Waals surface area contributed by atoms with Gasteiger partial charge >= 0.3 is 5.97 Å². The average Bonchev–Trinajstić information content (AvgIpc) is 2.58. The van der Waals surface area contributed by atoms with Crippen molar-refractivity contribution in [3.63, 3.8) is 0 Å². The zero-order chi connectivity index (χ0) is 11.9. The van der Waals surface area contributed by atoms with Crippen LogP contribution in [0, 0.1) is 0 Å². The van der Waals surface area contributed by atoms with Crippen LogP contribution in [0.2, 0.25) is 15.1 Å². The van der Waals surface area contributed by atoms with Crippen LogP contribution in [0.15, 0.2) is 12.3 Å². The molecular formula is C10H6Cl3NO2. The Morgan fingerprint density at radius 2 is 2.00 bits per heavy atom. The lowest BCUT2D eigenvalue weighted by Crippen LogP contribution is -1.99.